The zero-order valence-electron chi connectivity index (χ0n) is 10.9. The summed E-state index contributed by atoms with van der Waals surface area (Å²) >= 11 is 0. The average Bonchev–Trinajstić information content (AvgIpc) is 2.85. The van der Waals surface area contributed by atoms with Crippen LogP contribution in [0.1, 0.15) is 38.3 Å². The van der Waals surface area contributed by atoms with Gasteiger partial charge >= 0.3 is 0 Å². The van der Waals surface area contributed by atoms with Gasteiger partial charge in [-0.3, -0.25) is 9.88 Å². The van der Waals surface area contributed by atoms with Gasteiger partial charge in [-0.2, -0.15) is 0 Å². The largest absolute Gasteiger partial charge is 0.313 e. The summed E-state index contributed by atoms with van der Waals surface area (Å²) in [6.45, 7) is 7.99. The summed E-state index contributed by atoms with van der Waals surface area (Å²) in [6.07, 6.45) is 6.31. The van der Waals surface area contributed by atoms with E-state index in [0.717, 1.165) is 13.1 Å². The van der Waals surface area contributed by atoms with E-state index in [-0.39, 0.29) is 0 Å². The van der Waals surface area contributed by atoms with E-state index in [9.17, 15) is 0 Å². The van der Waals surface area contributed by atoms with Gasteiger partial charge in [-0.25, -0.2) is 0 Å². The Morgan fingerprint density at radius 1 is 1.59 bits per heavy atom. The SMILES string of the molecule is CCCNC1CCN(C(C)c2cccnc2)C1. The van der Waals surface area contributed by atoms with Crippen molar-refractivity contribution in [2.75, 3.05) is 19.6 Å². The number of rotatable bonds is 5. The molecule has 0 radical (unpaired) electrons. The summed E-state index contributed by atoms with van der Waals surface area (Å²) < 4.78 is 0. The molecule has 94 valence electrons. The van der Waals surface area contributed by atoms with Crippen LogP contribution in [0, 0.1) is 0 Å². The zero-order valence-corrected chi connectivity index (χ0v) is 10.9. The fraction of sp³-hybridized carbons (Fsp3) is 0.643. The molecule has 1 aliphatic rings. The molecule has 2 atom stereocenters. The molecule has 0 spiro atoms. The third kappa shape index (κ3) is 3.27. The lowest BCUT2D eigenvalue weighted by molar-refractivity contribution is 0.255. The van der Waals surface area contributed by atoms with Gasteiger partial charge in [0, 0.05) is 37.6 Å². The van der Waals surface area contributed by atoms with Crippen LogP contribution < -0.4 is 5.32 Å². The van der Waals surface area contributed by atoms with Crippen molar-refractivity contribution in [3.05, 3.63) is 30.1 Å². The molecule has 1 fully saturated rings. The van der Waals surface area contributed by atoms with Crippen LogP contribution in [-0.4, -0.2) is 35.6 Å². The quantitative estimate of drug-likeness (QED) is 0.845. The lowest BCUT2D eigenvalue weighted by Gasteiger charge is -2.24. The molecule has 3 nitrogen and oxygen atoms in total. The second-order valence-corrected chi connectivity index (χ2v) is 4.90. The van der Waals surface area contributed by atoms with Gasteiger partial charge in [0.25, 0.3) is 0 Å². The van der Waals surface area contributed by atoms with Crippen LogP contribution >= 0.6 is 0 Å². The molecule has 1 aliphatic heterocycles. The monoisotopic (exact) mass is 233 g/mol. The average molecular weight is 233 g/mol. The van der Waals surface area contributed by atoms with Crippen LogP contribution in [0.4, 0.5) is 0 Å². The molecule has 0 aliphatic carbocycles. The number of hydrogen-bond donors (Lipinski definition) is 1. The van der Waals surface area contributed by atoms with E-state index < -0.39 is 0 Å². The van der Waals surface area contributed by atoms with Crippen LogP contribution in [0.5, 0.6) is 0 Å². The molecule has 1 saturated heterocycles. The second-order valence-electron chi connectivity index (χ2n) is 4.90. The van der Waals surface area contributed by atoms with Crippen LogP contribution in [0.3, 0.4) is 0 Å². The lowest BCUT2D eigenvalue weighted by atomic mass is 10.1. The molecular weight excluding hydrogens is 210 g/mol. The molecule has 0 bridgehead atoms. The Balaban J connectivity index is 1.88. The van der Waals surface area contributed by atoms with E-state index in [4.69, 9.17) is 0 Å². The van der Waals surface area contributed by atoms with E-state index >= 15 is 0 Å². The summed E-state index contributed by atoms with van der Waals surface area (Å²) in [5, 5.41) is 3.61. The van der Waals surface area contributed by atoms with Gasteiger partial charge < -0.3 is 5.32 Å². The maximum absolute atomic E-state index is 4.20. The molecular formula is C14H23N3. The third-order valence-electron chi connectivity index (χ3n) is 3.62. The maximum Gasteiger partial charge on any atom is 0.0335 e. The molecule has 17 heavy (non-hydrogen) atoms. The van der Waals surface area contributed by atoms with Crippen LogP contribution in [0.25, 0.3) is 0 Å². The molecule has 1 aromatic rings. The molecule has 2 unspecified atom stereocenters. The van der Waals surface area contributed by atoms with E-state index in [1.807, 2.05) is 18.5 Å². The smallest absolute Gasteiger partial charge is 0.0335 e. The Labute approximate surface area is 104 Å². The first-order valence-electron chi connectivity index (χ1n) is 6.68. The highest BCUT2D eigenvalue weighted by Gasteiger charge is 2.26. The predicted molar refractivity (Wildman–Crippen MR) is 70.9 cm³/mol. The van der Waals surface area contributed by atoms with Crippen molar-refractivity contribution in [1.29, 1.82) is 0 Å². The van der Waals surface area contributed by atoms with Gasteiger partial charge in [0.15, 0.2) is 0 Å². The van der Waals surface area contributed by atoms with Gasteiger partial charge in [0.2, 0.25) is 0 Å². The summed E-state index contributed by atoms with van der Waals surface area (Å²) in [7, 11) is 0. The minimum atomic E-state index is 0.483. The predicted octanol–water partition coefficient (Wildman–Crippen LogP) is 2.22. The summed E-state index contributed by atoms with van der Waals surface area (Å²) in [6, 6.07) is 5.35. The van der Waals surface area contributed by atoms with E-state index in [2.05, 4.69) is 35.1 Å². The first kappa shape index (κ1) is 12.5. The lowest BCUT2D eigenvalue weighted by Crippen LogP contribution is -2.33. The minimum absolute atomic E-state index is 0.483. The first-order chi connectivity index (χ1) is 8.31. The Kier molecular flexibility index (Phi) is 4.51. The highest BCUT2D eigenvalue weighted by atomic mass is 15.2. The van der Waals surface area contributed by atoms with Crippen molar-refractivity contribution in [2.45, 2.75) is 38.8 Å². The molecule has 1 aromatic heterocycles. The van der Waals surface area contributed by atoms with Gasteiger partial charge in [-0.15, -0.1) is 0 Å². The topological polar surface area (TPSA) is 28.2 Å². The zero-order chi connectivity index (χ0) is 12.1. The van der Waals surface area contributed by atoms with Crippen molar-refractivity contribution in [3.8, 4) is 0 Å². The molecule has 2 rings (SSSR count). The molecule has 3 heteroatoms. The van der Waals surface area contributed by atoms with Crippen molar-refractivity contribution >= 4 is 0 Å². The highest BCUT2D eigenvalue weighted by Crippen LogP contribution is 2.23. The molecule has 1 N–H and O–H groups in total. The van der Waals surface area contributed by atoms with E-state index in [1.165, 1.54) is 24.9 Å². The Bertz CT molecular complexity index is 325. The fourth-order valence-corrected chi connectivity index (χ4v) is 2.49. The number of likely N-dealkylation sites (tertiary alicyclic amines) is 1. The summed E-state index contributed by atoms with van der Waals surface area (Å²) in [5.41, 5.74) is 1.32. The van der Waals surface area contributed by atoms with Gasteiger partial charge in [-0.05, 0) is 37.9 Å². The third-order valence-corrected chi connectivity index (χ3v) is 3.62. The van der Waals surface area contributed by atoms with Crippen LogP contribution in [0.15, 0.2) is 24.5 Å². The highest BCUT2D eigenvalue weighted by molar-refractivity contribution is 5.13. The first-order valence-corrected chi connectivity index (χ1v) is 6.68. The summed E-state index contributed by atoms with van der Waals surface area (Å²) in [4.78, 5) is 6.75. The Hall–Kier alpha value is -0.930. The molecule has 2 heterocycles. The number of nitrogens with one attached hydrogen (secondary N) is 1. The minimum Gasteiger partial charge on any atom is -0.313 e. The van der Waals surface area contributed by atoms with Gasteiger partial charge in [-0.1, -0.05) is 13.0 Å². The summed E-state index contributed by atoms with van der Waals surface area (Å²) in [5.74, 6) is 0. The fourth-order valence-electron chi connectivity index (χ4n) is 2.49. The second kappa shape index (κ2) is 6.12. The van der Waals surface area contributed by atoms with Crippen molar-refractivity contribution in [2.24, 2.45) is 0 Å². The van der Waals surface area contributed by atoms with E-state index in [0.29, 0.717) is 12.1 Å². The van der Waals surface area contributed by atoms with E-state index in [1.54, 1.807) is 0 Å². The van der Waals surface area contributed by atoms with Crippen LogP contribution in [0.2, 0.25) is 0 Å². The van der Waals surface area contributed by atoms with Crippen molar-refractivity contribution in [1.82, 2.24) is 15.2 Å². The van der Waals surface area contributed by atoms with Crippen molar-refractivity contribution in [3.63, 3.8) is 0 Å². The van der Waals surface area contributed by atoms with Gasteiger partial charge in [0.1, 0.15) is 0 Å². The standard InChI is InChI=1S/C14H23N3/c1-3-7-16-14-6-9-17(11-14)12(2)13-5-4-8-15-10-13/h4-5,8,10,12,14,16H,3,6-7,9,11H2,1-2H3. The van der Waals surface area contributed by atoms with Crippen molar-refractivity contribution < 1.29 is 0 Å². The number of aromatic nitrogens is 1. The maximum atomic E-state index is 4.20. The van der Waals surface area contributed by atoms with Crippen LogP contribution in [-0.2, 0) is 0 Å². The van der Waals surface area contributed by atoms with Gasteiger partial charge in [0.05, 0.1) is 0 Å². The molecule has 0 amide bonds. The molecule has 0 saturated carbocycles. The Morgan fingerprint density at radius 2 is 2.47 bits per heavy atom. The Morgan fingerprint density at radius 3 is 3.18 bits per heavy atom. The number of nitrogens with zero attached hydrogens (tertiary/aromatic N) is 2. The normalized spacial score (nSPS) is 22.8. The number of hydrogen-bond acceptors (Lipinski definition) is 3. The number of pyridine rings is 1. The molecule has 0 aromatic carbocycles.